The number of ether oxygens (including phenoxy) is 1. The SMILES string of the molecule is COc1ccc(CNC(=O)[C@]2(C)Cn3nc(-c4cccs4)cc3C(=O)N2c2cccc(F)c2)cc1. The lowest BCUT2D eigenvalue weighted by molar-refractivity contribution is -0.126. The third kappa shape index (κ3) is 4.19. The van der Waals surface area contributed by atoms with Crippen molar-refractivity contribution in [1.29, 1.82) is 0 Å². The lowest BCUT2D eigenvalue weighted by atomic mass is 9.93. The highest BCUT2D eigenvalue weighted by Crippen LogP contribution is 2.35. The summed E-state index contributed by atoms with van der Waals surface area (Å²) in [4.78, 5) is 29.6. The molecule has 0 aliphatic carbocycles. The van der Waals surface area contributed by atoms with E-state index in [-0.39, 0.29) is 19.0 Å². The van der Waals surface area contributed by atoms with Gasteiger partial charge in [0.2, 0.25) is 5.91 Å². The summed E-state index contributed by atoms with van der Waals surface area (Å²) in [6, 6.07) is 18.6. The van der Waals surface area contributed by atoms with Crippen molar-refractivity contribution >= 4 is 28.8 Å². The maximum Gasteiger partial charge on any atom is 0.277 e. The molecule has 1 aliphatic rings. The van der Waals surface area contributed by atoms with Crippen molar-refractivity contribution in [3.63, 3.8) is 0 Å². The van der Waals surface area contributed by atoms with Crippen molar-refractivity contribution in [1.82, 2.24) is 15.1 Å². The molecule has 0 bridgehead atoms. The summed E-state index contributed by atoms with van der Waals surface area (Å²) in [5, 5.41) is 9.49. The lowest BCUT2D eigenvalue weighted by Gasteiger charge is -2.43. The van der Waals surface area contributed by atoms with Gasteiger partial charge in [-0.3, -0.25) is 19.2 Å². The minimum Gasteiger partial charge on any atom is -0.497 e. The number of benzene rings is 2. The molecule has 1 aliphatic heterocycles. The fraction of sp³-hybridized carbons (Fsp3) is 0.192. The van der Waals surface area contributed by atoms with Gasteiger partial charge in [0.15, 0.2) is 0 Å². The van der Waals surface area contributed by atoms with Gasteiger partial charge in [-0.05, 0) is 60.3 Å². The number of thiophene rings is 1. The molecule has 0 saturated carbocycles. The molecule has 2 aromatic heterocycles. The van der Waals surface area contributed by atoms with Crippen LogP contribution in [0.2, 0.25) is 0 Å². The van der Waals surface area contributed by atoms with E-state index in [1.54, 1.807) is 30.8 Å². The molecule has 2 amide bonds. The number of hydrogen-bond donors (Lipinski definition) is 1. The Labute approximate surface area is 205 Å². The quantitative estimate of drug-likeness (QED) is 0.432. The van der Waals surface area contributed by atoms with Crippen molar-refractivity contribution in [2.45, 2.75) is 25.6 Å². The predicted molar refractivity (Wildman–Crippen MR) is 132 cm³/mol. The van der Waals surface area contributed by atoms with E-state index in [4.69, 9.17) is 4.74 Å². The smallest absolute Gasteiger partial charge is 0.277 e. The zero-order valence-electron chi connectivity index (χ0n) is 19.2. The molecule has 1 N–H and O–H groups in total. The van der Waals surface area contributed by atoms with E-state index in [9.17, 15) is 14.0 Å². The largest absolute Gasteiger partial charge is 0.497 e. The van der Waals surface area contributed by atoms with Crippen molar-refractivity contribution in [3.05, 3.63) is 89.2 Å². The van der Waals surface area contributed by atoms with Crippen molar-refractivity contribution in [2.75, 3.05) is 12.0 Å². The Morgan fingerprint density at radius 1 is 1.17 bits per heavy atom. The van der Waals surface area contributed by atoms with Crippen molar-refractivity contribution in [2.24, 2.45) is 0 Å². The maximum atomic E-state index is 14.2. The molecule has 1 atom stereocenters. The number of amides is 2. The summed E-state index contributed by atoms with van der Waals surface area (Å²) in [6.45, 7) is 2.05. The van der Waals surface area contributed by atoms with Crippen LogP contribution in [0.4, 0.5) is 10.1 Å². The van der Waals surface area contributed by atoms with Gasteiger partial charge in [-0.1, -0.05) is 24.3 Å². The summed E-state index contributed by atoms with van der Waals surface area (Å²) >= 11 is 1.52. The first-order valence-electron chi connectivity index (χ1n) is 11.0. The molecule has 0 unspecified atom stereocenters. The van der Waals surface area contributed by atoms with Crippen LogP contribution in [0.5, 0.6) is 5.75 Å². The van der Waals surface area contributed by atoms with Crippen LogP contribution in [-0.4, -0.2) is 34.2 Å². The predicted octanol–water partition coefficient (Wildman–Crippen LogP) is 4.49. The molecule has 2 aromatic carbocycles. The monoisotopic (exact) mass is 490 g/mol. The highest BCUT2D eigenvalue weighted by Gasteiger charge is 2.49. The number of rotatable bonds is 6. The molecule has 3 heterocycles. The van der Waals surface area contributed by atoms with Crippen LogP contribution in [0.25, 0.3) is 10.6 Å². The summed E-state index contributed by atoms with van der Waals surface area (Å²) in [5.41, 5.74) is 0.844. The molecule has 5 rings (SSSR count). The van der Waals surface area contributed by atoms with E-state index in [2.05, 4.69) is 10.4 Å². The zero-order valence-corrected chi connectivity index (χ0v) is 20.0. The third-order valence-corrected chi connectivity index (χ3v) is 6.99. The van der Waals surface area contributed by atoms with Crippen LogP contribution >= 0.6 is 11.3 Å². The molecule has 9 heteroatoms. The van der Waals surface area contributed by atoms with E-state index < -0.39 is 17.3 Å². The molecule has 178 valence electrons. The van der Waals surface area contributed by atoms with E-state index in [1.807, 2.05) is 41.8 Å². The Hall–Kier alpha value is -3.98. The summed E-state index contributed by atoms with van der Waals surface area (Å²) < 4.78 is 20.9. The fourth-order valence-corrected chi connectivity index (χ4v) is 4.94. The molecule has 0 saturated heterocycles. The average Bonchev–Trinajstić information content (AvgIpc) is 3.53. The topological polar surface area (TPSA) is 76.5 Å². The minimum atomic E-state index is -1.34. The van der Waals surface area contributed by atoms with E-state index >= 15 is 0 Å². The molecule has 0 radical (unpaired) electrons. The molecular weight excluding hydrogens is 467 g/mol. The first kappa shape index (κ1) is 22.8. The maximum absolute atomic E-state index is 14.2. The first-order chi connectivity index (χ1) is 16.9. The highest BCUT2D eigenvalue weighted by molar-refractivity contribution is 7.13. The van der Waals surface area contributed by atoms with Gasteiger partial charge in [0.25, 0.3) is 5.91 Å². The first-order valence-corrected chi connectivity index (χ1v) is 11.9. The number of aromatic nitrogens is 2. The molecule has 0 fully saturated rings. The van der Waals surface area contributed by atoms with Crippen LogP contribution in [0.3, 0.4) is 0 Å². The normalized spacial score (nSPS) is 17.2. The number of anilines is 1. The molecule has 7 nitrogen and oxygen atoms in total. The number of nitrogens with zero attached hydrogens (tertiary/aromatic N) is 3. The summed E-state index contributed by atoms with van der Waals surface area (Å²) in [6.07, 6.45) is 0. The second kappa shape index (κ2) is 8.99. The Morgan fingerprint density at radius 3 is 2.66 bits per heavy atom. The number of hydrogen-bond acceptors (Lipinski definition) is 5. The van der Waals surface area contributed by atoms with Crippen LogP contribution in [-0.2, 0) is 17.9 Å². The van der Waals surface area contributed by atoms with Gasteiger partial charge in [-0.15, -0.1) is 11.3 Å². The summed E-state index contributed by atoms with van der Waals surface area (Å²) in [5.74, 6) is -0.561. The van der Waals surface area contributed by atoms with Crippen molar-refractivity contribution < 1.29 is 18.7 Å². The lowest BCUT2D eigenvalue weighted by Crippen LogP contribution is -2.64. The van der Waals surface area contributed by atoms with Crippen LogP contribution in [0, 0.1) is 5.82 Å². The number of fused-ring (bicyclic) bond motifs is 1. The number of carbonyl (C=O) groups excluding carboxylic acids is 2. The Bertz CT molecular complexity index is 1380. The fourth-order valence-electron chi connectivity index (χ4n) is 4.26. The molecule has 0 spiro atoms. The van der Waals surface area contributed by atoms with E-state index in [1.165, 1.54) is 34.4 Å². The highest BCUT2D eigenvalue weighted by atomic mass is 32.1. The molecule has 35 heavy (non-hydrogen) atoms. The van der Waals surface area contributed by atoms with Gasteiger partial charge >= 0.3 is 0 Å². The Morgan fingerprint density at radius 2 is 1.97 bits per heavy atom. The van der Waals surface area contributed by atoms with Crippen LogP contribution < -0.4 is 15.0 Å². The Kier molecular flexibility index (Phi) is 5.86. The number of methoxy groups -OCH3 is 1. The third-order valence-electron chi connectivity index (χ3n) is 6.09. The molecule has 4 aromatic rings. The summed E-state index contributed by atoms with van der Waals surface area (Å²) in [7, 11) is 1.59. The van der Waals surface area contributed by atoms with Gasteiger partial charge in [-0.25, -0.2) is 4.39 Å². The molecular formula is C26H23FN4O3S. The zero-order chi connectivity index (χ0) is 24.6. The second-order valence-electron chi connectivity index (χ2n) is 8.47. The van der Waals surface area contributed by atoms with Gasteiger partial charge in [0.1, 0.15) is 28.5 Å². The standard InChI is InChI=1S/C26H23FN4O3S/c1-26(25(33)28-15-17-8-10-20(34-2)11-9-17)16-30-22(14-21(29-30)23-7-4-12-35-23)24(32)31(26)19-6-3-5-18(27)13-19/h3-14H,15-16H2,1-2H3,(H,28,33)/t26-/m0/s1. The van der Waals surface area contributed by atoms with Gasteiger partial charge in [-0.2, -0.15) is 5.10 Å². The Balaban J connectivity index is 1.50. The average molecular weight is 491 g/mol. The van der Waals surface area contributed by atoms with Crippen LogP contribution in [0.15, 0.2) is 72.1 Å². The van der Waals surface area contributed by atoms with E-state index in [0.29, 0.717) is 17.1 Å². The number of halogens is 1. The number of carbonyl (C=O) groups is 2. The second-order valence-corrected chi connectivity index (χ2v) is 9.42. The van der Waals surface area contributed by atoms with Gasteiger partial charge in [0, 0.05) is 12.2 Å². The number of nitrogens with one attached hydrogen (secondary N) is 1. The van der Waals surface area contributed by atoms with Crippen molar-refractivity contribution in [3.8, 4) is 16.3 Å². The van der Waals surface area contributed by atoms with Crippen LogP contribution in [0.1, 0.15) is 23.0 Å². The minimum absolute atomic E-state index is 0.115. The van der Waals surface area contributed by atoms with Gasteiger partial charge < -0.3 is 10.1 Å². The van der Waals surface area contributed by atoms with Gasteiger partial charge in [0.05, 0.1) is 18.5 Å². The van der Waals surface area contributed by atoms with E-state index in [0.717, 1.165) is 16.2 Å².